The van der Waals surface area contributed by atoms with Gasteiger partial charge in [0.15, 0.2) is 9.84 Å². The van der Waals surface area contributed by atoms with Gasteiger partial charge in [-0.25, -0.2) is 22.0 Å². The Kier molecular flexibility index (Phi) is 4.62. The molecule has 0 unspecified atom stereocenters. The van der Waals surface area contributed by atoms with E-state index in [0.717, 1.165) is 12.1 Å². The van der Waals surface area contributed by atoms with Gasteiger partial charge in [-0.2, -0.15) is 0 Å². The first-order valence-corrected chi connectivity index (χ1v) is 7.31. The van der Waals surface area contributed by atoms with Crippen molar-refractivity contribution in [2.45, 2.75) is 31.6 Å². The van der Waals surface area contributed by atoms with Crippen molar-refractivity contribution >= 4 is 15.8 Å². The third-order valence-electron chi connectivity index (χ3n) is 2.80. The predicted octanol–water partition coefficient (Wildman–Crippen LogP) is 2.68. The van der Waals surface area contributed by atoms with Crippen molar-refractivity contribution in [3.8, 4) is 0 Å². The molecule has 106 valence electrons. The highest BCUT2D eigenvalue weighted by Crippen LogP contribution is 2.32. The molecule has 0 atom stereocenters. The Morgan fingerprint density at radius 2 is 1.89 bits per heavy atom. The third kappa shape index (κ3) is 2.91. The lowest BCUT2D eigenvalue weighted by molar-refractivity contribution is 0.0694. The zero-order chi connectivity index (χ0) is 14.8. The Hall–Kier alpha value is -1.50. The second-order valence-corrected chi connectivity index (χ2v) is 6.09. The van der Waals surface area contributed by atoms with E-state index >= 15 is 0 Å². The fourth-order valence-electron chi connectivity index (χ4n) is 1.88. The lowest BCUT2D eigenvalue weighted by Crippen LogP contribution is -2.15. The number of carboxylic acid groups (broad SMARTS) is 1. The quantitative estimate of drug-likeness (QED) is 0.905. The topological polar surface area (TPSA) is 71.4 Å². The summed E-state index contributed by atoms with van der Waals surface area (Å²) in [4.78, 5) is 10.5. The molecule has 0 bridgehead atoms. The molecule has 0 heterocycles. The van der Waals surface area contributed by atoms with E-state index in [2.05, 4.69) is 0 Å². The molecule has 0 radical (unpaired) electrons. The third-order valence-corrected chi connectivity index (χ3v) is 4.67. The largest absolute Gasteiger partial charge is 0.478 e. The van der Waals surface area contributed by atoms with E-state index in [1.807, 2.05) is 0 Å². The molecule has 0 aliphatic carbocycles. The summed E-state index contributed by atoms with van der Waals surface area (Å²) in [6.45, 7) is 2.86. The van der Waals surface area contributed by atoms with Crippen molar-refractivity contribution in [2.24, 2.45) is 0 Å². The van der Waals surface area contributed by atoms with Crippen LogP contribution in [0.2, 0.25) is 0 Å². The van der Waals surface area contributed by atoms with E-state index in [1.54, 1.807) is 0 Å². The van der Waals surface area contributed by atoms with Crippen LogP contribution in [0, 0.1) is 0 Å². The second kappa shape index (κ2) is 5.64. The van der Waals surface area contributed by atoms with Crippen molar-refractivity contribution in [3.63, 3.8) is 0 Å². The number of carbonyl (C=O) groups is 1. The van der Waals surface area contributed by atoms with E-state index in [4.69, 9.17) is 5.11 Å². The molecule has 0 aliphatic heterocycles. The van der Waals surface area contributed by atoms with Crippen LogP contribution in [0.1, 0.15) is 41.8 Å². The van der Waals surface area contributed by atoms with Gasteiger partial charge >= 0.3 is 5.97 Å². The fraction of sp³-hybridized carbons (Fsp3) is 0.417. The van der Waals surface area contributed by atoms with E-state index in [0.29, 0.717) is 0 Å². The maximum absolute atomic E-state index is 12.9. The first-order chi connectivity index (χ1) is 8.76. The number of hydrogen-bond acceptors (Lipinski definition) is 3. The highest BCUT2D eigenvalue weighted by Gasteiger charge is 2.28. The summed E-state index contributed by atoms with van der Waals surface area (Å²) in [6.07, 6.45) is -2.92. The van der Waals surface area contributed by atoms with E-state index in [1.165, 1.54) is 13.8 Å². The van der Waals surface area contributed by atoms with Gasteiger partial charge in [0.05, 0.1) is 16.2 Å². The summed E-state index contributed by atoms with van der Waals surface area (Å²) in [5, 5.41) is 9.01. The number of rotatable bonds is 5. The summed E-state index contributed by atoms with van der Waals surface area (Å²) >= 11 is 0. The Labute approximate surface area is 110 Å². The summed E-state index contributed by atoms with van der Waals surface area (Å²) in [7, 11) is -3.92. The number of hydrogen-bond donors (Lipinski definition) is 1. The molecule has 1 aromatic carbocycles. The summed E-state index contributed by atoms with van der Waals surface area (Å²) in [5.74, 6) is -1.69. The molecular formula is C12H14F2O4S. The number of sulfone groups is 1. The van der Waals surface area contributed by atoms with Crippen LogP contribution in [0.25, 0.3) is 0 Å². The molecule has 1 rings (SSSR count). The summed E-state index contributed by atoms with van der Waals surface area (Å²) < 4.78 is 49.8. The minimum Gasteiger partial charge on any atom is -0.478 e. The molecule has 0 fully saturated rings. The minimum absolute atomic E-state index is 0.0523. The lowest BCUT2D eigenvalue weighted by Gasteiger charge is -2.15. The van der Waals surface area contributed by atoms with Gasteiger partial charge in [0.25, 0.3) is 6.43 Å². The maximum atomic E-state index is 12.9. The van der Waals surface area contributed by atoms with Crippen LogP contribution in [-0.4, -0.2) is 25.2 Å². The summed E-state index contributed by atoms with van der Waals surface area (Å²) in [6, 6.07) is 1.90. The van der Waals surface area contributed by atoms with Gasteiger partial charge in [0, 0.05) is 5.56 Å². The van der Waals surface area contributed by atoms with Crippen molar-refractivity contribution < 1.29 is 27.1 Å². The van der Waals surface area contributed by atoms with E-state index in [9.17, 15) is 22.0 Å². The minimum atomic E-state index is -3.92. The Morgan fingerprint density at radius 3 is 2.26 bits per heavy atom. The monoisotopic (exact) mass is 292 g/mol. The molecule has 0 saturated heterocycles. The molecule has 4 nitrogen and oxygen atoms in total. The van der Waals surface area contributed by atoms with E-state index < -0.39 is 32.7 Å². The van der Waals surface area contributed by atoms with Gasteiger partial charge in [0.1, 0.15) is 0 Å². The molecule has 0 amide bonds. The van der Waals surface area contributed by atoms with Crippen LogP contribution >= 0.6 is 0 Å². The molecule has 0 aliphatic rings. The van der Waals surface area contributed by atoms with Crippen molar-refractivity contribution in [3.05, 3.63) is 28.8 Å². The molecule has 1 N–H and O–H groups in total. The number of benzene rings is 1. The van der Waals surface area contributed by atoms with Crippen LogP contribution in [0.15, 0.2) is 17.0 Å². The first kappa shape index (κ1) is 15.6. The number of carboxylic acids is 1. The molecule has 0 spiro atoms. The highest BCUT2D eigenvalue weighted by atomic mass is 32.2. The molecule has 19 heavy (non-hydrogen) atoms. The standard InChI is InChI=1S/C12H14F2O4S/c1-3-7-8(12(15)16)5-6-9(11(13)14)10(7)19(17,18)4-2/h5-6,11H,3-4H2,1-2H3,(H,15,16). The van der Waals surface area contributed by atoms with Gasteiger partial charge in [-0.15, -0.1) is 0 Å². The van der Waals surface area contributed by atoms with Crippen LogP contribution in [0.3, 0.4) is 0 Å². The average molecular weight is 292 g/mol. The SMILES string of the molecule is CCc1c(C(=O)O)ccc(C(F)F)c1S(=O)(=O)CC. The van der Waals surface area contributed by atoms with Crippen molar-refractivity contribution in [1.29, 1.82) is 0 Å². The number of aromatic carboxylic acids is 1. The zero-order valence-corrected chi connectivity index (χ0v) is 11.3. The number of halogens is 2. The zero-order valence-electron chi connectivity index (χ0n) is 10.5. The molecule has 1 aromatic rings. The van der Waals surface area contributed by atoms with Gasteiger partial charge in [-0.1, -0.05) is 19.9 Å². The fourth-order valence-corrected chi connectivity index (χ4v) is 3.32. The van der Waals surface area contributed by atoms with Gasteiger partial charge < -0.3 is 5.11 Å². The summed E-state index contributed by atoms with van der Waals surface area (Å²) in [5.41, 5.74) is -0.949. The van der Waals surface area contributed by atoms with E-state index in [-0.39, 0.29) is 23.3 Å². The van der Waals surface area contributed by atoms with Gasteiger partial charge in [-0.3, -0.25) is 0 Å². The Bertz CT molecular complexity index is 594. The van der Waals surface area contributed by atoms with Crippen LogP contribution in [0.5, 0.6) is 0 Å². The number of alkyl halides is 2. The second-order valence-electron chi connectivity index (χ2n) is 3.87. The molecular weight excluding hydrogens is 278 g/mol. The van der Waals surface area contributed by atoms with Crippen LogP contribution < -0.4 is 0 Å². The normalized spacial score (nSPS) is 11.8. The molecule has 7 heteroatoms. The maximum Gasteiger partial charge on any atom is 0.336 e. The van der Waals surface area contributed by atoms with Crippen LogP contribution in [-0.2, 0) is 16.3 Å². The Balaban J connectivity index is 3.80. The highest BCUT2D eigenvalue weighted by molar-refractivity contribution is 7.91. The lowest BCUT2D eigenvalue weighted by atomic mass is 10.0. The van der Waals surface area contributed by atoms with Gasteiger partial charge in [0.2, 0.25) is 0 Å². The van der Waals surface area contributed by atoms with Gasteiger partial charge in [-0.05, 0) is 18.1 Å². The van der Waals surface area contributed by atoms with Crippen molar-refractivity contribution in [2.75, 3.05) is 5.75 Å². The van der Waals surface area contributed by atoms with Crippen molar-refractivity contribution in [1.82, 2.24) is 0 Å². The Morgan fingerprint density at radius 1 is 1.32 bits per heavy atom. The molecule has 0 saturated carbocycles. The smallest absolute Gasteiger partial charge is 0.336 e. The predicted molar refractivity (Wildman–Crippen MR) is 65.5 cm³/mol. The van der Waals surface area contributed by atoms with Crippen LogP contribution in [0.4, 0.5) is 8.78 Å². The first-order valence-electron chi connectivity index (χ1n) is 5.66. The molecule has 0 aromatic heterocycles. The average Bonchev–Trinajstić information content (AvgIpc) is 2.36.